The summed E-state index contributed by atoms with van der Waals surface area (Å²) >= 11 is 0. The number of hydrogen-bond donors (Lipinski definition) is 1. The Morgan fingerprint density at radius 3 is 2.60 bits per heavy atom. The molecule has 0 atom stereocenters. The zero-order valence-electron chi connectivity index (χ0n) is 13.4. The molecule has 0 saturated carbocycles. The topological polar surface area (TPSA) is 113 Å². The summed E-state index contributed by atoms with van der Waals surface area (Å²) in [6, 6.07) is 9.99. The van der Waals surface area contributed by atoms with Crippen LogP contribution in [0.3, 0.4) is 0 Å². The van der Waals surface area contributed by atoms with E-state index in [1.807, 2.05) is 6.07 Å². The molecule has 1 aromatic carbocycles. The molecule has 124 valence electrons. The molecule has 1 amide bonds. The van der Waals surface area contributed by atoms with E-state index in [2.05, 4.69) is 5.32 Å². The number of fused-ring (bicyclic) bond motifs is 1. The van der Waals surface area contributed by atoms with Gasteiger partial charge in [-0.15, -0.1) is 0 Å². The number of nitriles is 1. The summed E-state index contributed by atoms with van der Waals surface area (Å²) in [5, 5.41) is 12.2. The van der Waals surface area contributed by atoms with Gasteiger partial charge in [0.15, 0.2) is 5.78 Å². The number of furan rings is 1. The SMILES string of the molecule is CC(=O)c1c(C)oc(NC(=O)c2cc3ccccc3oc2=O)c1C#N. The van der Waals surface area contributed by atoms with Crippen LogP contribution >= 0.6 is 0 Å². The Kier molecular flexibility index (Phi) is 3.95. The van der Waals surface area contributed by atoms with E-state index in [-0.39, 0.29) is 34.1 Å². The van der Waals surface area contributed by atoms with Gasteiger partial charge >= 0.3 is 5.63 Å². The molecular weight excluding hydrogens is 324 g/mol. The fourth-order valence-electron chi connectivity index (χ4n) is 2.55. The van der Waals surface area contributed by atoms with E-state index in [0.29, 0.717) is 11.0 Å². The van der Waals surface area contributed by atoms with Crippen LogP contribution in [0.1, 0.15) is 39.0 Å². The molecule has 1 N–H and O–H groups in total. The molecule has 0 spiro atoms. The zero-order chi connectivity index (χ0) is 18.1. The van der Waals surface area contributed by atoms with Gasteiger partial charge in [-0.1, -0.05) is 18.2 Å². The van der Waals surface area contributed by atoms with E-state index in [4.69, 9.17) is 8.83 Å². The lowest BCUT2D eigenvalue weighted by molar-refractivity contribution is 0.101. The minimum atomic E-state index is -0.815. The van der Waals surface area contributed by atoms with Crippen LogP contribution in [0, 0.1) is 18.3 Å². The summed E-state index contributed by atoms with van der Waals surface area (Å²) in [6.07, 6.45) is 0. The Bertz CT molecular complexity index is 1110. The third-order valence-corrected chi connectivity index (χ3v) is 3.66. The van der Waals surface area contributed by atoms with Gasteiger partial charge in [0, 0.05) is 5.39 Å². The fraction of sp³-hybridized carbons (Fsp3) is 0.111. The number of ketones is 1. The molecule has 2 aromatic heterocycles. The molecule has 0 fully saturated rings. The normalized spacial score (nSPS) is 10.4. The number of carbonyl (C=O) groups excluding carboxylic acids is 2. The van der Waals surface area contributed by atoms with Crippen molar-refractivity contribution in [3.63, 3.8) is 0 Å². The second-order valence-corrected chi connectivity index (χ2v) is 5.34. The number of nitrogens with zero attached hydrogens (tertiary/aromatic N) is 1. The fourth-order valence-corrected chi connectivity index (χ4v) is 2.55. The lowest BCUT2D eigenvalue weighted by atomic mass is 10.1. The summed E-state index contributed by atoms with van der Waals surface area (Å²) in [5.41, 5.74) is -0.674. The first-order valence-electron chi connectivity index (χ1n) is 7.31. The van der Waals surface area contributed by atoms with Crippen molar-refractivity contribution in [2.75, 3.05) is 5.32 Å². The van der Waals surface area contributed by atoms with Crippen LogP contribution in [0.2, 0.25) is 0 Å². The Hall–Kier alpha value is -3.66. The predicted octanol–water partition coefficient (Wildman–Crippen LogP) is 3.02. The molecule has 3 rings (SSSR count). The first kappa shape index (κ1) is 16.2. The van der Waals surface area contributed by atoms with Crippen LogP contribution in [0.25, 0.3) is 11.0 Å². The average Bonchev–Trinajstić information content (AvgIpc) is 2.89. The molecule has 0 saturated heterocycles. The van der Waals surface area contributed by atoms with Crippen molar-refractivity contribution in [2.24, 2.45) is 0 Å². The smallest absolute Gasteiger partial charge is 0.349 e. The predicted molar refractivity (Wildman–Crippen MR) is 88.6 cm³/mol. The van der Waals surface area contributed by atoms with Crippen molar-refractivity contribution >= 4 is 28.5 Å². The highest BCUT2D eigenvalue weighted by atomic mass is 16.4. The molecular formula is C18H12N2O5. The molecule has 0 aliphatic heterocycles. The van der Waals surface area contributed by atoms with Gasteiger partial charge in [0.2, 0.25) is 5.88 Å². The van der Waals surface area contributed by atoms with Crippen LogP contribution in [0.15, 0.2) is 44.0 Å². The Morgan fingerprint density at radius 1 is 1.20 bits per heavy atom. The maximum atomic E-state index is 12.4. The van der Waals surface area contributed by atoms with Gasteiger partial charge in [-0.25, -0.2) is 4.79 Å². The van der Waals surface area contributed by atoms with Gasteiger partial charge in [0.05, 0.1) is 5.56 Å². The van der Waals surface area contributed by atoms with Crippen LogP contribution in [-0.2, 0) is 0 Å². The van der Waals surface area contributed by atoms with Crippen LogP contribution in [0.5, 0.6) is 0 Å². The summed E-state index contributed by atoms with van der Waals surface area (Å²) < 4.78 is 10.4. The van der Waals surface area contributed by atoms with Gasteiger partial charge in [0.25, 0.3) is 5.91 Å². The van der Waals surface area contributed by atoms with E-state index in [1.54, 1.807) is 24.3 Å². The lowest BCUT2D eigenvalue weighted by Gasteiger charge is -2.03. The van der Waals surface area contributed by atoms with E-state index in [1.165, 1.54) is 19.9 Å². The third-order valence-electron chi connectivity index (χ3n) is 3.66. The van der Waals surface area contributed by atoms with Gasteiger partial charge in [-0.2, -0.15) is 5.26 Å². The van der Waals surface area contributed by atoms with Crippen LogP contribution < -0.4 is 10.9 Å². The molecule has 2 heterocycles. The van der Waals surface area contributed by atoms with Crippen molar-refractivity contribution in [1.29, 1.82) is 5.26 Å². The van der Waals surface area contributed by atoms with Crippen molar-refractivity contribution in [3.05, 3.63) is 63.2 Å². The largest absolute Gasteiger partial charge is 0.443 e. The molecule has 0 unspecified atom stereocenters. The number of nitrogens with one attached hydrogen (secondary N) is 1. The first-order chi connectivity index (χ1) is 11.9. The van der Waals surface area contributed by atoms with Gasteiger partial charge < -0.3 is 8.83 Å². The van der Waals surface area contributed by atoms with Crippen molar-refractivity contribution in [1.82, 2.24) is 0 Å². The van der Waals surface area contributed by atoms with Crippen LogP contribution in [0.4, 0.5) is 5.88 Å². The van der Waals surface area contributed by atoms with Crippen molar-refractivity contribution in [2.45, 2.75) is 13.8 Å². The van der Waals surface area contributed by atoms with Gasteiger partial charge in [0.1, 0.15) is 28.5 Å². The minimum absolute atomic E-state index is 0.0801. The van der Waals surface area contributed by atoms with E-state index in [0.717, 1.165) is 0 Å². The first-order valence-corrected chi connectivity index (χ1v) is 7.31. The Morgan fingerprint density at radius 2 is 1.92 bits per heavy atom. The van der Waals surface area contributed by atoms with Crippen molar-refractivity contribution in [3.8, 4) is 6.07 Å². The molecule has 7 heteroatoms. The van der Waals surface area contributed by atoms with E-state index in [9.17, 15) is 19.6 Å². The number of rotatable bonds is 3. The minimum Gasteiger partial charge on any atom is -0.443 e. The van der Waals surface area contributed by atoms with Gasteiger partial charge in [-0.3, -0.25) is 14.9 Å². The highest BCUT2D eigenvalue weighted by molar-refractivity contribution is 6.07. The highest BCUT2D eigenvalue weighted by Crippen LogP contribution is 2.27. The number of Topliss-reactive ketones (excluding diaryl/α,β-unsaturated/α-hetero) is 1. The molecule has 0 radical (unpaired) electrons. The van der Waals surface area contributed by atoms with E-state index >= 15 is 0 Å². The Labute approximate surface area is 141 Å². The second-order valence-electron chi connectivity index (χ2n) is 5.34. The monoisotopic (exact) mass is 336 g/mol. The molecule has 7 nitrogen and oxygen atoms in total. The number of anilines is 1. The second kappa shape index (κ2) is 6.09. The molecule has 3 aromatic rings. The number of amides is 1. The Balaban J connectivity index is 2.03. The summed E-state index contributed by atoms with van der Waals surface area (Å²) in [5.74, 6) is -1.11. The highest BCUT2D eigenvalue weighted by Gasteiger charge is 2.24. The maximum Gasteiger partial charge on any atom is 0.349 e. The number of aryl methyl sites for hydroxylation is 1. The van der Waals surface area contributed by atoms with Gasteiger partial charge in [-0.05, 0) is 26.0 Å². The lowest BCUT2D eigenvalue weighted by Crippen LogP contribution is -2.20. The molecule has 0 aliphatic rings. The van der Waals surface area contributed by atoms with E-state index < -0.39 is 11.5 Å². The quantitative estimate of drug-likeness (QED) is 0.581. The third kappa shape index (κ3) is 2.81. The van der Waals surface area contributed by atoms with Crippen LogP contribution in [-0.4, -0.2) is 11.7 Å². The molecule has 25 heavy (non-hydrogen) atoms. The number of hydrogen-bond acceptors (Lipinski definition) is 6. The summed E-state index contributed by atoms with van der Waals surface area (Å²) in [7, 11) is 0. The standard InChI is InChI=1S/C18H12N2O5/c1-9(21)15-10(2)24-17(13(15)8-19)20-16(22)12-7-11-5-3-4-6-14(11)25-18(12)23/h3-7H,1-2H3,(H,20,22). The average molecular weight is 336 g/mol. The zero-order valence-corrected chi connectivity index (χ0v) is 13.4. The molecule has 0 bridgehead atoms. The maximum absolute atomic E-state index is 12.4. The molecule has 0 aliphatic carbocycles. The summed E-state index contributed by atoms with van der Waals surface area (Å²) in [4.78, 5) is 36.1. The van der Waals surface area contributed by atoms with Crippen molar-refractivity contribution < 1.29 is 18.4 Å². The summed E-state index contributed by atoms with van der Waals surface area (Å²) in [6.45, 7) is 2.81. The number of para-hydroxylation sites is 1. The number of benzene rings is 1. The number of carbonyl (C=O) groups is 2.